The van der Waals surface area contributed by atoms with E-state index in [1.165, 1.54) is 10.9 Å². The number of hydrogen-bond donors (Lipinski definition) is 0. The summed E-state index contributed by atoms with van der Waals surface area (Å²) in [5.74, 6) is 0. The van der Waals surface area contributed by atoms with E-state index in [9.17, 15) is 13.2 Å². The average Bonchev–Trinajstić information content (AvgIpc) is 2.93. The highest BCUT2D eigenvalue weighted by Gasteiger charge is 2.32. The van der Waals surface area contributed by atoms with Gasteiger partial charge in [-0.2, -0.15) is 23.5 Å². The Balaban J connectivity index is 2.20. The molecule has 1 aromatic carbocycles. The first-order valence-electron chi connectivity index (χ1n) is 5.86. The minimum atomic E-state index is -4.56. The van der Waals surface area contributed by atoms with Gasteiger partial charge in [-0.25, -0.2) is 4.68 Å². The van der Waals surface area contributed by atoms with Gasteiger partial charge in [0.25, 0.3) is 0 Å². The molecule has 2 heterocycles. The minimum absolute atomic E-state index is 0.102. The largest absolute Gasteiger partial charge is 0.416 e. The van der Waals surface area contributed by atoms with Crippen molar-refractivity contribution in [2.75, 3.05) is 0 Å². The number of thiophene rings is 1. The SMILES string of the molecule is N#Cc1c(Cl)sc2cn(-c3c(Cl)cc(C(F)(F)F)cc3Cl)nc12. The number of nitrogens with zero attached hydrogens (tertiary/aromatic N) is 3. The number of rotatable bonds is 1. The van der Waals surface area contributed by atoms with Gasteiger partial charge in [-0.3, -0.25) is 0 Å². The third-order valence-corrected chi connectivity index (χ3v) is 4.90. The number of hydrogen-bond acceptors (Lipinski definition) is 3. The van der Waals surface area contributed by atoms with Crippen LogP contribution in [-0.2, 0) is 6.18 Å². The number of aromatic nitrogens is 2. The van der Waals surface area contributed by atoms with Gasteiger partial charge < -0.3 is 0 Å². The van der Waals surface area contributed by atoms with Crippen molar-refractivity contribution >= 4 is 56.4 Å². The molecule has 0 atom stereocenters. The Morgan fingerprint density at radius 2 is 1.78 bits per heavy atom. The fourth-order valence-electron chi connectivity index (χ4n) is 2.01. The van der Waals surface area contributed by atoms with Crippen LogP contribution in [-0.4, -0.2) is 9.78 Å². The van der Waals surface area contributed by atoms with Crippen LogP contribution in [0.25, 0.3) is 15.9 Å². The predicted octanol–water partition coefficient (Wildman–Crippen LogP) is 5.94. The summed E-state index contributed by atoms with van der Waals surface area (Å²) in [6.45, 7) is 0. The molecule has 0 aliphatic heterocycles. The first kappa shape index (κ1) is 16.4. The molecule has 0 bridgehead atoms. The highest BCUT2D eigenvalue weighted by molar-refractivity contribution is 7.23. The van der Waals surface area contributed by atoms with Gasteiger partial charge in [0.1, 0.15) is 27.2 Å². The second kappa shape index (κ2) is 5.56. The molecule has 23 heavy (non-hydrogen) atoms. The quantitative estimate of drug-likeness (QED) is 0.511. The van der Waals surface area contributed by atoms with E-state index in [1.54, 1.807) is 0 Å². The Morgan fingerprint density at radius 1 is 1.17 bits per heavy atom. The van der Waals surface area contributed by atoms with Crippen LogP contribution < -0.4 is 0 Å². The molecule has 3 rings (SSSR count). The number of benzene rings is 1. The highest BCUT2D eigenvalue weighted by atomic mass is 35.5. The van der Waals surface area contributed by atoms with Crippen molar-refractivity contribution in [2.24, 2.45) is 0 Å². The summed E-state index contributed by atoms with van der Waals surface area (Å²) in [4.78, 5) is 0. The van der Waals surface area contributed by atoms with Crippen molar-refractivity contribution in [3.05, 3.63) is 43.8 Å². The highest BCUT2D eigenvalue weighted by Crippen LogP contribution is 2.39. The lowest BCUT2D eigenvalue weighted by molar-refractivity contribution is -0.137. The van der Waals surface area contributed by atoms with Crippen molar-refractivity contribution in [1.29, 1.82) is 5.26 Å². The zero-order valence-corrected chi connectivity index (χ0v) is 13.8. The maximum absolute atomic E-state index is 12.8. The summed E-state index contributed by atoms with van der Waals surface area (Å²) in [6, 6.07) is 3.48. The van der Waals surface area contributed by atoms with Crippen molar-refractivity contribution in [2.45, 2.75) is 6.18 Å². The van der Waals surface area contributed by atoms with Crippen molar-refractivity contribution in [3.8, 4) is 11.8 Å². The van der Waals surface area contributed by atoms with Gasteiger partial charge in [0.15, 0.2) is 0 Å². The van der Waals surface area contributed by atoms with E-state index in [0.717, 1.165) is 23.5 Å². The Kier molecular flexibility index (Phi) is 3.97. The zero-order valence-electron chi connectivity index (χ0n) is 10.7. The molecule has 0 amide bonds. The van der Waals surface area contributed by atoms with E-state index >= 15 is 0 Å². The molecule has 0 unspecified atom stereocenters. The van der Waals surface area contributed by atoms with Crippen molar-refractivity contribution < 1.29 is 13.2 Å². The number of fused-ring (bicyclic) bond motifs is 1. The van der Waals surface area contributed by atoms with Crippen LogP contribution >= 0.6 is 46.1 Å². The lowest BCUT2D eigenvalue weighted by atomic mass is 10.2. The van der Waals surface area contributed by atoms with E-state index in [-0.39, 0.29) is 21.3 Å². The molecule has 0 aliphatic rings. The van der Waals surface area contributed by atoms with Crippen molar-refractivity contribution in [1.82, 2.24) is 9.78 Å². The number of nitriles is 1. The van der Waals surface area contributed by atoms with Crippen LogP contribution in [0.1, 0.15) is 11.1 Å². The molecule has 3 nitrogen and oxygen atoms in total. The van der Waals surface area contributed by atoms with Gasteiger partial charge in [-0.1, -0.05) is 34.8 Å². The van der Waals surface area contributed by atoms with Gasteiger partial charge >= 0.3 is 6.18 Å². The first-order valence-corrected chi connectivity index (χ1v) is 7.81. The molecule has 2 aromatic heterocycles. The lowest BCUT2D eigenvalue weighted by Gasteiger charge is -2.12. The molecule has 0 fully saturated rings. The van der Waals surface area contributed by atoms with E-state index < -0.39 is 11.7 Å². The lowest BCUT2D eigenvalue weighted by Crippen LogP contribution is -2.07. The smallest absolute Gasteiger partial charge is 0.236 e. The molecular formula is C13H3Cl3F3N3S. The van der Waals surface area contributed by atoms with Crippen LogP contribution in [0.3, 0.4) is 0 Å². The Hall–Kier alpha value is -1.46. The Labute approximate surface area is 146 Å². The fourth-order valence-corrected chi connectivity index (χ4v) is 3.88. The van der Waals surface area contributed by atoms with E-state index in [1.807, 2.05) is 6.07 Å². The maximum Gasteiger partial charge on any atom is 0.416 e. The van der Waals surface area contributed by atoms with Crippen LogP contribution in [0, 0.1) is 11.3 Å². The molecule has 0 N–H and O–H groups in total. The minimum Gasteiger partial charge on any atom is -0.236 e. The first-order chi connectivity index (χ1) is 10.7. The summed E-state index contributed by atoms with van der Waals surface area (Å²) in [7, 11) is 0. The normalized spacial score (nSPS) is 11.9. The predicted molar refractivity (Wildman–Crippen MR) is 83.7 cm³/mol. The summed E-state index contributed by atoms with van der Waals surface area (Å²) in [6.07, 6.45) is -3.05. The maximum atomic E-state index is 12.8. The molecule has 0 radical (unpaired) electrons. The van der Waals surface area contributed by atoms with Crippen LogP contribution in [0.2, 0.25) is 14.4 Å². The molecule has 3 aromatic rings. The molecule has 0 saturated carbocycles. The summed E-state index contributed by atoms with van der Waals surface area (Å²) in [5, 5.41) is 12.8. The van der Waals surface area contributed by atoms with Gasteiger partial charge in [-0.05, 0) is 12.1 Å². The molecule has 118 valence electrons. The monoisotopic (exact) mass is 395 g/mol. The summed E-state index contributed by atoms with van der Waals surface area (Å²) >= 11 is 18.9. The molecule has 10 heteroatoms. The van der Waals surface area contributed by atoms with Crippen LogP contribution in [0.4, 0.5) is 13.2 Å². The molecular weight excluding hydrogens is 394 g/mol. The van der Waals surface area contributed by atoms with Gasteiger partial charge in [-0.15, -0.1) is 11.3 Å². The third-order valence-electron chi connectivity index (χ3n) is 3.00. The van der Waals surface area contributed by atoms with Gasteiger partial charge in [0, 0.05) is 6.20 Å². The molecule has 0 spiro atoms. The standard InChI is InChI=1S/C13H3Cl3F3N3S/c14-7-1-5(13(17,18)19)2-8(15)11(7)22-4-9-10(21-22)6(3-20)12(16)23-9/h1-2,4H. The van der Waals surface area contributed by atoms with E-state index in [4.69, 9.17) is 40.1 Å². The van der Waals surface area contributed by atoms with Gasteiger partial charge in [0.2, 0.25) is 0 Å². The fraction of sp³-hybridized carbons (Fsp3) is 0.0769. The molecule has 0 saturated heterocycles. The zero-order chi connectivity index (χ0) is 16.9. The van der Waals surface area contributed by atoms with Gasteiger partial charge in [0.05, 0.1) is 20.3 Å². The van der Waals surface area contributed by atoms with E-state index in [0.29, 0.717) is 14.6 Å². The Morgan fingerprint density at radius 3 is 2.30 bits per heavy atom. The van der Waals surface area contributed by atoms with Crippen LogP contribution in [0.15, 0.2) is 18.3 Å². The number of alkyl halides is 3. The van der Waals surface area contributed by atoms with E-state index in [2.05, 4.69) is 5.10 Å². The second-order valence-corrected chi connectivity index (χ2v) is 6.90. The molecule has 0 aliphatic carbocycles. The second-order valence-electron chi connectivity index (χ2n) is 4.44. The average molecular weight is 397 g/mol. The van der Waals surface area contributed by atoms with Crippen molar-refractivity contribution in [3.63, 3.8) is 0 Å². The van der Waals surface area contributed by atoms with Crippen LogP contribution in [0.5, 0.6) is 0 Å². The summed E-state index contributed by atoms with van der Waals surface area (Å²) in [5.41, 5.74) is -0.310. The topological polar surface area (TPSA) is 41.6 Å². The Bertz CT molecular complexity index is 946. The third kappa shape index (κ3) is 2.76. The number of halogens is 6. The summed E-state index contributed by atoms with van der Waals surface area (Å²) < 4.78 is 40.4.